The molecule has 1 aromatic rings. The van der Waals surface area contributed by atoms with Gasteiger partial charge in [0.05, 0.1) is 12.4 Å². The Bertz CT molecular complexity index is 409. The van der Waals surface area contributed by atoms with Crippen LogP contribution in [0.5, 0.6) is 0 Å². The Balaban J connectivity index is 1.84. The van der Waals surface area contributed by atoms with E-state index in [2.05, 4.69) is 37.3 Å². The van der Waals surface area contributed by atoms with Crippen molar-refractivity contribution in [3.05, 3.63) is 42.2 Å². The molecule has 0 bridgehead atoms. The minimum absolute atomic E-state index is 0.415. The lowest BCUT2D eigenvalue weighted by Gasteiger charge is -2.18. The van der Waals surface area contributed by atoms with Crippen LogP contribution < -0.4 is 0 Å². The van der Waals surface area contributed by atoms with Crippen molar-refractivity contribution in [1.82, 2.24) is 0 Å². The Morgan fingerprint density at radius 2 is 1.32 bits per heavy atom. The van der Waals surface area contributed by atoms with Crippen LogP contribution in [0, 0.1) is 0 Å². The Labute approximate surface area is 136 Å². The van der Waals surface area contributed by atoms with Gasteiger partial charge in [-0.25, -0.2) is 0 Å². The van der Waals surface area contributed by atoms with Crippen LogP contribution in [0.25, 0.3) is 5.57 Å². The van der Waals surface area contributed by atoms with Gasteiger partial charge in [-0.15, -0.1) is 0 Å². The van der Waals surface area contributed by atoms with Gasteiger partial charge in [-0.3, -0.25) is 0 Å². The lowest BCUT2D eigenvalue weighted by Crippen LogP contribution is -2.10. The minimum Gasteiger partial charge on any atom is -0.498 e. The second-order valence-electron chi connectivity index (χ2n) is 6.68. The topological polar surface area (TPSA) is 9.23 Å². The number of allylic oxidation sites excluding steroid dienone is 1. The van der Waals surface area contributed by atoms with Gasteiger partial charge in [0.1, 0.15) is 0 Å². The lowest BCUT2D eigenvalue weighted by molar-refractivity contribution is 0.121. The first-order chi connectivity index (χ1) is 10.9. The zero-order valence-corrected chi connectivity index (χ0v) is 14.2. The number of rotatable bonds is 3. The SMILES string of the molecule is CC(=COC1CCCCCCCCCCC1)c1ccccc1. The fourth-order valence-electron chi connectivity index (χ4n) is 3.23. The van der Waals surface area contributed by atoms with E-state index < -0.39 is 0 Å². The largest absolute Gasteiger partial charge is 0.498 e. The van der Waals surface area contributed by atoms with Crippen LogP contribution in [0.1, 0.15) is 83.1 Å². The average molecular weight is 300 g/mol. The summed E-state index contributed by atoms with van der Waals surface area (Å²) < 4.78 is 6.14. The molecule has 0 aliphatic heterocycles. The lowest BCUT2D eigenvalue weighted by atomic mass is 9.99. The maximum absolute atomic E-state index is 6.14. The molecule has 1 saturated carbocycles. The van der Waals surface area contributed by atoms with Crippen molar-refractivity contribution in [2.24, 2.45) is 0 Å². The van der Waals surface area contributed by atoms with E-state index in [0.717, 1.165) is 0 Å². The predicted molar refractivity (Wildman–Crippen MR) is 95.8 cm³/mol. The van der Waals surface area contributed by atoms with Gasteiger partial charge in [0, 0.05) is 0 Å². The van der Waals surface area contributed by atoms with Gasteiger partial charge >= 0.3 is 0 Å². The maximum atomic E-state index is 6.14. The van der Waals surface area contributed by atoms with E-state index in [1.165, 1.54) is 81.8 Å². The second-order valence-corrected chi connectivity index (χ2v) is 6.68. The number of hydrogen-bond acceptors (Lipinski definition) is 1. The molecule has 1 fully saturated rings. The summed E-state index contributed by atoms with van der Waals surface area (Å²) in [4.78, 5) is 0. The first-order valence-corrected chi connectivity index (χ1v) is 9.24. The average Bonchev–Trinajstić information content (AvgIpc) is 2.55. The van der Waals surface area contributed by atoms with Crippen LogP contribution in [-0.4, -0.2) is 6.10 Å². The van der Waals surface area contributed by atoms with Gasteiger partial charge in [0.2, 0.25) is 0 Å². The molecule has 0 aromatic heterocycles. The van der Waals surface area contributed by atoms with E-state index >= 15 is 0 Å². The van der Waals surface area contributed by atoms with E-state index in [-0.39, 0.29) is 0 Å². The smallest absolute Gasteiger partial charge is 0.0978 e. The first kappa shape index (κ1) is 17.1. The van der Waals surface area contributed by atoms with Crippen molar-refractivity contribution >= 4 is 5.57 Å². The Morgan fingerprint density at radius 3 is 1.86 bits per heavy atom. The molecule has 0 N–H and O–H groups in total. The van der Waals surface area contributed by atoms with Crippen molar-refractivity contribution in [1.29, 1.82) is 0 Å². The third-order valence-electron chi connectivity index (χ3n) is 4.72. The van der Waals surface area contributed by atoms with Crippen molar-refractivity contribution in [2.75, 3.05) is 0 Å². The molecule has 0 radical (unpaired) electrons. The summed E-state index contributed by atoms with van der Waals surface area (Å²) in [6, 6.07) is 10.5. The van der Waals surface area contributed by atoms with Crippen molar-refractivity contribution < 1.29 is 4.74 Å². The maximum Gasteiger partial charge on any atom is 0.0978 e. The van der Waals surface area contributed by atoms with Crippen LogP contribution in [0.2, 0.25) is 0 Å². The molecule has 1 aliphatic rings. The van der Waals surface area contributed by atoms with Crippen LogP contribution in [0.4, 0.5) is 0 Å². The summed E-state index contributed by atoms with van der Waals surface area (Å²) in [6.07, 6.45) is 17.4. The summed E-state index contributed by atoms with van der Waals surface area (Å²) in [5.74, 6) is 0. The highest BCUT2D eigenvalue weighted by Crippen LogP contribution is 2.20. The molecule has 1 aromatic carbocycles. The molecule has 1 heteroatoms. The summed E-state index contributed by atoms with van der Waals surface area (Å²) in [5.41, 5.74) is 2.49. The van der Waals surface area contributed by atoms with E-state index in [4.69, 9.17) is 4.74 Å². The Kier molecular flexibility index (Phi) is 8.15. The quantitative estimate of drug-likeness (QED) is 0.562. The zero-order chi connectivity index (χ0) is 15.5. The first-order valence-electron chi connectivity index (χ1n) is 9.24. The highest BCUT2D eigenvalue weighted by molar-refractivity contribution is 5.62. The Morgan fingerprint density at radius 1 is 0.818 bits per heavy atom. The molecule has 1 aliphatic carbocycles. The summed E-state index contributed by atoms with van der Waals surface area (Å²) >= 11 is 0. The van der Waals surface area contributed by atoms with Gasteiger partial charge in [0.25, 0.3) is 0 Å². The zero-order valence-electron chi connectivity index (χ0n) is 14.2. The molecule has 2 rings (SSSR count). The molecule has 22 heavy (non-hydrogen) atoms. The van der Waals surface area contributed by atoms with Gasteiger partial charge in [0.15, 0.2) is 0 Å². The van der Waals surface area contributed by atoms with Crippen LogP contribution >= 0.6 is 0 Å². The number of benzene rings is 1. The third-order valence-corrected chi connectivity index (χ3v) is 4.72. The van der Waals surface area contributed by atoms with E-state index in [1.54, 1.807) is 0 Å². The second kappa shape index (κ2) is 10.5. The molecule has 0 spiro atoms. The monoisotopic (exact) mass is 300 g/mol. The van der Waals surface area contributed by atoms with E-state index in [1.807, 2.05) is 6.26 Å². The van der Waals surface area contributed by atoms with Gasteiger partial charge < -0.3 is 4.74 Å². The van der Waals surface area contributed by atoms with Crippen molar-refractivity contribution in [3.63, 3.8) is 0 Å². The minimum atomic E-state index is 0.415. The van der Waals surface area contributed by atoms with Gasteiger partial charge in [-0.2, -0.15) is 0 Å². The molecular weight excluding hydrogens is 268 g/mol. The highest BCUT2D eigenvalue weighted by atomic mass is 16.5. The molecule has 122 valence electrons. The van der Waals surface area contributed by atoms with Crippen LogP contribution in [0.15, 0.2) is 36.6 Å². The van der Waals surface area contributed by atoms with Crippen LogP contribution in [0.3, 0.4) is 0 Å². The molecule has 0 amide bonds. The van der Waals surface area contributed by atoms with Crippen molar-refractivity contribution in [3.8, 4) is 0 Å². The molecule has 0 atom stereocenters. The fourth-order valence-corrected chi connectivity index (χ4v) is 3.23. The summed E-state index contributed by atoms with van der Waals surface area (Å²) in [5, 5.41) is 0. The highest BCUT2D eigenvalue weighted by Gasteiger charge is 2.09. The molecule has 1 nitrogen and oxygen atoms in total. The molecule has 0 unspecified atom stereocenters. The van der Waals surface area contributed by atoms with Gasteiger partial charge in [-0.05, 0) is 43.7 Å². The van der Waals surface area contributed by atoms with E-state index in [0.29, 0.717) is 6.10 Å². The van der Waals surface area contributed by atoms with Crippen molar-refractivity contribution in [2.45, 2.75) is 83.7 Å². The molecular formula is C21H32O. The standard InChI is InChI=1S/C21H32O/c1-19(20-14-10-9-11-15-20)18-22-21-16-12-7-5-3-2-4-6-8-13-17-21/h9-11,14-15,18,21H,2-8,12-13,16-17H2,1H3. The predicted octanol–water partition coefficient (Wildman–Crippen LogP) is 6.74. The molecule has 0 heterocycles. The summed E-state index contributed by atoms with van der Waals surface area (Å²) in [7, 11) is 0. The normalized spacial score (nSPS) is 20.0. The fraction of sp³-hybridized carbons (Fsp3) is 0.619. The number of hydrogen-bond donors (Lipinski definition) is 0. The third kappa shape index (κ3) is 6.68. The summed E-state index contributed by atoms with van der Waals surface area (Å²) in [6.45, 7) is 2.14. The van der Waals surface area contributed by atoms with Crippen LogP contribution in [-0.2, 0) is 4.74 Å². The van der Waals surface area contributed by atoms with Gasteiger partial charge in [-0.1, -0.05) is 75.3 Å². The molecule has 0 saturated heterocycles. The Hall–Kier alpha value is -1.24. The van der Waals surface area contributed by atoms with E-state index in [9.17, 15) is 0 Å². The number of ether oxygens (including phenoxy) is 1.